The lowest BCUT2D eigenvalue weighted by molar-refractivity contribution is -0.274. The lowest BCUT2D eigenvalue weighted by atomic mass is 10.1. The van der Waals surface area contributed by atoms with Gasteiger partial charge in [-0.05, 0) is 74.5 Å². The maximum absolute atomic E-state index is 12.9. The van der Waals surface area contributed by atoms with E-state index in [4.69, 9.17) is 4.74 Å². The minimum Gasteiger partial charge on any atom is -0.457 e. The van der Waals surface area contributed by atoms with Gasteiger partial charge in [0.25, 0.3) is 0 Å². The van der Waals surface area contributed by atoms with Crippen LogP contribution in [0.25, 0.3) is 0 Å². The van der Waals surface area contributed by atoms with Gasteiger partial charge in [-0.25, -0.2) is 13.5 Å². The van der Waals surface area contributed by atoms with Crippen LogP contribution in [0.5, 0.6) is 17.2 Å². The van der Waals surface area contributed by atoms with Crippen molar-refractivity contribution >= 4 is 16.2 Å². The van der Waals surface area contributed by atoms with Gasteiger partial charge in [0, 0.05) is 6.54 Å². The first-order valence-electron chi connectivity index (χ1n) is 10.6. The number of carbonyl (C=O) groups excluding carboxylic acids is 1. The molecule has 0 aliphatic carbocycles. The van der Waals surface area contributed by atoms with Crippen LogP contribution in [-0.4, -0.2) is 67.8 Å². The average molecular weight is 503 g/mol. The highest BCUT2D eigenvalue weighted by molar-refractivity contribution is 7.91. The third-order valence-corrected chi connectivity index (χ3v) is 7.10. The minimum atomic E-state index is -4.80. The number of carbonyl (C=O) groups is 1. The van der Waals surface area contributed by atoms with Crippen LogP contribution in [-0.2, 0) is 14.6 Å². The van der Waals surface area contributed by atoms with Gasteiger partial charge in [0.2, 0.25) is 6.41 Å². The number of hydrogen-bond acceptors (Lipinski definition) is 7. The molecule has 1 heterocycles. The molecule has 1 aliphatic rings. The molecule has 1 atom stereocenters. The van der Waals surface area contributed by atoms with Crippen LogP contribution in [0.2, 0.25) is 0 Å². The molecule has 0 spiro atoms. The molecule has 12 heteroatoms. The number of amides is 1. The lowest BCUT2D eigenvalue weighted by Crippen LogP contribution is -2.47. The molecule has 1 N–H and O–H groups in total. The van der Waals surface area contributed by atoms with Gasteiger partial charge >= 0.3 is 6.36 Å². The summed E-state index contributed by atoms with van der Waals surface area (Å²) >= 11 is 0. The quantitative estimate of drug-likeness (QED) is 0.300. The standard InChI is InChI=1S/C22H25F3N2O6S/c23-22(24,25)33-20-6-4-18(5-7-20)32-19-8-10-21(11-9-19)34(30,31)15-17(27(29)16-28)14-26-12-2-1-3-13-26/h4-11,16-17,29H,1-3,12-15H2. The number of rotatable bonds is 10. The number of alkyl halides is 3. The molecule has 0 radical (unpaired) electrons. The summed E-state index contributed by atoms with van der Waals surface area (Å²) in [6.07, 6.45) is -1.55. The van der Waals surface area contributed by atoms with E-state index in [1.807, 2.05) is 4.90 Å². The Morgan fingerprint density at radius 1 is 0.971 bits per heavy atom. The summed E-state index contributed by atoms with van der Waals surface area (Å²) in [6, 6.07) is 9.30. The first-order chi connectivity index (χ1) is 16.1. The number of nitrogens with zero attached hydrogens (tertiary/aromatic N) is 2. The second-order valence-corrected chi connectivity index (χ2v) is 9.91. The van der Waals surface area contributed by atoms with E-state index in [1.165, 1.54) is 36.4 Å². The molecule has 3 rings (SSSR count). The third kappa shape index (κ3) is 7.61. The zero-order chi connectivity index (χ0) is 24.8. The molecule has 2 aromatic rings. The fourth-order valence-electron chi connectivity index (χ4n) is 3.65. The van der Waals surface area contributed by atoms with Gasteiger partial charge in [-0.3, -0.25) is 10.0 Å². The number of hydroxylamine groups is 2. The number of piperidine rings is 1. The molecule has 1 unspecified atom stereocenters. The minimum absolute atomic E-state index is 0.0169. The van der Waals surface area contributed by atoms with Crippen LogP contribution in [0.4, 0.5) is 13.2 Å². The van der Waals surface area contributed by atoms with Crippen LogP contribution >= 0.6 is 0 Å². The zero-order valence-electron chi connectivity index (χ0n) is 18.1. The topological polar surface area (TPSA) is 96.4 Å². The highest BCUT2D eigenvalue weighted by Crippen LogP contribution is 2.28. The van der Waals surface area contributed by atoms with Crippen LogP contribution in [0.15, 0.2) is 53.4 Å². The predicted octanol–water partition coefficient (Wildman–Crippen LogP) is 3.85. The predicted molar refractivity (Wildman–Crippen MR) is 115 cm³/mol. The van der Waals surface area contributed by atoms with Crippen molar-refractivity contribution in [1.29, 1.82) is 0 Å². The van der Waals surface area contributed by atoms with Crippen molar-refractivity contribution in [3.8, 4) is 17.2 Å². The van der Waals surface area contributed by atoms with Crippen LogP contribution < -0.4 is 9.47 Å². The summed E-state index contributed by atoms with van der Waals surface area (Å²) < 4.78 is 71.9. The smallest absolute Gasteiger partial charge is 0.457 e. The van der Waals surface area contributed by atoms with E-state index in [0.717, 1.165) is 44.5 Å². The maximum Gasteiger partial charge on any atom is 0.573 e. The number of sulfone groups is 1. The second-order valence-electron chi connectivity index (χ2n) is 7.87. The molecular weight excluding hydrogens is 477 g/mol. The average Bonchev–Trinajstić information content (AvgIpc) is 2.79. The summed E-state index contributed by atoms with van der Waals surface area (Å²) in [5.41, 5.74) is 0. The Morgan fingerprint density at radius 2 is 1.50 bits per heavy atom. The Labute approximate surface area is 195 Å². The van der Waals surface area contributed by atoms with E-state index < -0.39 is 33.7 Å². The Bertz CT molecular complexity index is 1040. The summed E-state index contributed by atoms with van der Waals surface area (Å²) in [6.45, 7) is 1.79. The van der Waals surface area contributed by atoms with Crippen molar-refractivity contribution in [3.63, 3.8) is 0 Å². The first-order valence-corrected chi connectivity index (χ1v) is 12.2. The molecule has 1 aliphatic heterocycles. The molecule has 0 aromatic heterocycles. The van der Waals surface area contributed by atoms with Crippen LogP contribution in [0.1, 0.15) is 19.3 Å². The number of halogens is 3. The van der Waals surface area contributed by atoms with Gasteiger partial charge in [-0.2, -0.15) is 0 Å². The molecule has 0 saturated carbocycles. The van der Waals surface area contributed by atoms with Crippen molar-refractivity contribution < 1.29 is 41.1 Å². The van der Waals surface area contributed by atoms with Crippen molar-refractivity contribution in [2.24, 2.45) is 0 Å². The van der Waals surface area contributed by atoms with Crippen molar-refractivity contribution in [2.75, 3.05) is 25.4 Å². The Balaban J connectivity index is 1.65. The second kappa shape index (κ2) is 11.1. The summed E-state index contributed by atoms with van der Waals surface area (Å²) in [7, 11) is -3.84. The Hall–Kier alpha value is -2.83. The van der Waals surface area contributed by atoms with E-state index >= 15 is 0 Å². The normalized spacial score (nSPS) is 16.0. The van der Waals surface area contributed by atoms with Gasteiger partial charge in [-0.1, -0.05) is 6.42 Å². The largest absolute Gasteiger partial charge is 0.573 e. The van der Waals surface area contributed by atoms with Gasteiger partial charge in [0.15, 0.2) is 9.84 Å². The highest BCUT2D eigenvalue weighted by Gasteiger charge is 2.31. The molecule has 186 valence electrons. The summed E-state index contributed by atoms with van der Waals surface area (Å²) in [5.74, 6) is -0.355. The van der Waals surface area contributed by atoms with E-state index in [-0.39, 0.29) is 29.3 Å². The number of ether oxygens (including phenoxy) is 2. The molecule has 2 aromatic carbocycles. The molecular formula is C22H25F3N2O6S. The number of benzene rings is 2. The monoisotopic (exact) mass is 502 g/mol. The summed E-state index contributed by atoms with van der Waals surface area (Å²) in [5, 5.41) is 10.3. The first kappa shape index (κ1) is 25.8. The number of hydrogen-bond donors (Lipinski definition) is 1. The highest BCUT2D eigenvalue weighted by atomic mass is 32.2. The Kier molecular flexibility index (Phi) is 8.39. The number of likely N-dealkylation sites (tertiary alicyclic amines) is 1. The van der Waals surface area contributed by atoms with Gasteiger partial charge < -0.3 is 14.4 Å². The van der Waals surface area contributed by atoms with E-state index in [1.54, 1.807) is 0 Å². The fourth-order valence-corrected chi connectivity index (χ4v) is 5.16. The van der Waals surface area contributed by atoms with Crippen LogP contribution in [0.3, 0.4) is 0 Å². The SMILES string of the molecule is O=CN(O)C(CN1CCCCC1)CS(=O)(=O)c1ccc(Oc2ccc(OC(F)(F)F)cc2)cc1. The lowest BCUT2D eigenvalue weighted by Gasteiger charge is -2.32. The van der Waals surface area contributed by atoms with Crippen molar-refractivity contribution in [2.45, 2.75) is 36.6 Å². The Morgan fingerprint density at radius 3 is 2.03 bits per heavy atom. The van der Waals surface area contributed by atoms with Gasteiger partial charge in [-0.15, -0.1) is 13.2 Å². The molecule has 1 amide bonds. The molecule has 1 fully saturated rings. The van der Waals surface area contributed by atoms with Gasteiger partial charge in [0.1, 0.15) is 17.2 Å². The van der Waals surface area contributed by atoms with E-state index in [2.05, 4.69) is 4.74 Å². The zero-order valence-corrected chi connectivity index (χ0v) is 19.0. The molecule has 1 saturated heterocycles. The van der Waals surface area contributed by atoms with E-state index in [9.17, 15) is 31.6 Å². The molecule has 8 nitrogen and oxygen atoms in total. The summed E-state index contributed by atoms with van der Waals surface area (Å²) in [4.78, 5) is 13.1. The fraction of sp³-hybridized carbons (Fsp3) is 0.409. The molecule has 0 bridgehead atoms. The van der Waals surface area contributed by atoms with E-state index in [0.29, 0.717) is 5.06 Å². The van der Waals surface area contributed by atoms with Crippen LogP contribution in [0, 0.1) is 0 Å². The molecule has 34 heavy (non-hydrogen) atoms. The van der Waals surface area contributed by atoms with Crippen molar-refractivity contribution in [3.05, 3.63) is 48.5 Å². The van der Waals surface area contributed by atoms with Gasteiger partial charge in [0.05, 0.1) is 16.7 Å². The third-order valence-electron chi connectivity index (χ3n) is 5.29. The maximum atomic E-state index is 12.9. The van der Waals surface area contributed by atoms with Crippen molar-refractivity contribution in [1.82, 2.24) is 9.96 Å².